The molecule has 1 spiro atoms. The van der Waals surface area contributed by atoms with E-state index in [1.54, 1.807) is 0 Å². The molecule has 2 aliphatic rings. The maximum atomic E-state index is 7.12. The monoisotopic (exact) mass is 799 g/mol. The summed E-state index contributed by atoms with van der Waals surface area (Å²) in [4.78, 5) is 0. The second-order valence-corrected chi connectivity index (χ2v) is 24.7. The second kappa shape index (κ2) is 11.9. The molecule has 0 N–H and O–H groups in total. The molecule has 1 unspecified atom stereocenters. The van der Waals surface area contributed by atoms with E-state index in [1.165, 1.54) is 38.7 Å². The van der Waals surface area contributed by atoms with Gasteiger partial charge >= 0.3 is 11.5 Å². The van der Waals surface area contributed by atoms with Gasteiger partial charge in [0.15, 0.2) is 34.1 Å². The Kier molecular flexibility index (Phi) is 7.11. The van der Waals surface area contributed by atoms with Crippen molar-refractivity contribution in [1.29, 1.82) is 0 Å². The lowest BCUT2D eigenvalue weighted by Gasteiger charge is -2.25. The molecule has 10 aromatic rings. The van der Waals surface area contributed by atoms with Crippen molar-refractivity contribution in [2.45, 2.75) is 71.8 Å². The van der Waals surface area contributed by atoms with Gasteiger partial charge in [0.2, 0.25) is 5.69 Å². The third kappa shape index (κ3) is 4.57. The van der Waals surface area contributed by atoms with Gasteiger partial charge in [0.25, 0.3) is 0 Å². The number of pyridine rings is 1. The predicted molar refractivity (Wildman–Crippen MR) is 247 cm³/mol. The Morgan fingerprint density at radius 2 is 1.35 bits per heavy atom. The predicted octanol–water partition coefficient (Wildman–Crippen LogP) is 12.3. The number of hydrogen-bond acceptors (Lipinski definition) is 2. The zero-order valence-corrected chi connectivity index (χ0v) is 36.6. The van der Waals surface area contributed by atoms with Crippen molar-refractivity contribution in [1.82, 2.24) is 4.57 Å². The van der Waals surface area contributed by atoms with Gasteiger partial charge in [0, 0.05) is 32.8 Å². The van der Waals surface area contributed by atoms with Gasteiger partial charge in [-0.25, -0.2) is 0 Å². The van der Waals surface area contributed by atoms with Gasteiger partial charge in [-0.15, -0.1) is 9.13 Å². The Morgan fingerprint density at radius 3 is 2.07 bits per heavy atom. The number of rotatable bonds is 4. The zero-order chi connectivity index (χ0) is 41.0. The van der Waals surface area contributed by atoms with E-state index in [2.05, 4.69) is 202 Å². The number of fused-ring (bicyclic) bond motifs is 19. The molecule has 2 aliphatic heterocycles. The normalized spacial score (nSPS) is 15.9. The fourth-order valence-corrected chi connectivity index (χ4v) is 12.5. The fourth-order valence-electron chi connectivity index (χ4n) is 10.8. The highest BCUT2D eigenvalue weighted by Crippen LogP contribution is 2.53. The van der Waals surface area contributed by atoms with Crippen molar-refractivity contribution in [3.05, 3.63) is 156 Å². The lowest BCUT2D eigenvalue weighted by molar-refractivity contribution is -0.944. The molecule has 12 rings (SSSR count). The maximum absolute atomic E-state index is 7.12. The van der Waals surface area contributed by atoms with Gasteiger partial charge in [0.1, 0.15) is 16.7 Å². The SMILES string of the molecule is CC(C)Cc1cc2[n+](cc1[Si](C)(C)C)C1(c3cc(C(C)(C)C)ccc3-2)c2ccc3c(oc4ccccc43)c2-c2n(-c3cccc4c3oc3ccccc34)c3ccccc3[n+]21. The lowest BCUT2D eigenvalue weighted by Crippen LogP contribution is -2.72. The number of imidazole rings is 1. The topological polar surface area (TPSA) is 39.0 Å². The van der Waals surface area contributed by atoms with E-state index in [0.29, 0.717) is 5.92 Å². The van der Waals surface area contributed by atoms with Crippen LogP contribution in [0.25, 0.3) is 83.2 Å². The van der Waals surface area contributed by atoms with Crippen LogP contribution >= 0.6 is 0 Å². The second-order valence-electron chi connectivity index (χ2n) is 19.7. The molecule has 6 heteroatoms. The largest absolute Gasteiger partial charge is 0.455 e. The lowest BCUT2D eigenvalue weighted by atomic mass is 9.82. The van der Waals surface area contributed by atoms with Crippen LogP contribution in [0.2, 0.25) is 19.6 Å². The number of hydrogen-bond donors (Lipinski definition) is 0. The highest BCUT2D eigenvalue weighted by Gasteiger charge is 2.67. The molecule has 6 aromatic carbocycles. The number of nitrogens with zero attached hydrogens (tertiary/aromatic N) is 3. The van der Waals surface area contributed by atoms with Crippen LogP contribution in [-0.2, 0) is 17.5 Å². The van der Waals surface area contributed by atoms with Crippen LogP contribution in [0.4, 0.5) is 0 Å². The molecule has 0 fully saturated rings. The quantitative estimate of drug-likeness (QED) is 0.131. The first-order chi connectivity index (χ1) is 28.9. The molecule has 0 amide bonds. The number of aromatic nitrogens is 3. The Labute approximate surface area is 351 Å². The summed E-state index contributed by atoms with van der Waals surface area (Å²) >= 11 is 0. The highest BCUT2D eigenvalue weighted by molar-refractivity contribution is 6.89. The van der Waals surface area contributed by atoms with E-state index >= 15 is 0 Å². The summed E-state index contributed by atoms with van der Waals surface area (Å²) < 4.78 is 21.8. The molecular weight excluding hydrogens is 751 g/mol. The van der Waals surface area contributed by atoms with Crippen LogP contribution in [0, 0.1) is 5.92 Å². The highest BCUT2D eigenvalue weighted by atomic mass is 28.3. The third-order valence-electron chi connectivity index (χ3n) is 13.4. The summed E-state index contributed by atoms with van der Waals surface area (Å²) in [5.74, 6) is 1.62. The average Bonchev–Trinajstić information content (AvgIpc) is 4.01. The van der Waals surface area contributed by atoms with E-state index in [-0.39, 0.29) is 5.41 Å². The minimum absolute atomic E-state index is 0.0650. The van der Waals surface area contributed by atoms with Crippen LogP contribution < -0.4 is 14.3 Å². The maximum Gasteiger partial charge on any atom is 0.364 e. The van der Waals surface area contributed by atoms with Crippen LogP contribution in [0.3, 0.4) is 0 Å². The number of para-hydroxylation sites is 5. The molecule has 0 saturated heterocycles. The first-order valence-electron chi connectivity index (χ1n) is 21.5. The molecular formula is C54H49N3O2Si+2. The minimum Gasteiger partial charge on any atom is -0.455 e. The number of benzene rings is 6. The first kappa shape index (κ1) is 35.7. The molecule has 6 heterocycles. The summed E-state index contributed by atoms with van der Waals surface area (Å²) in [6.45, 7) is 19.2. The molecule has 0 radical (unpaired) electrons. The minimum atomic E-state index is -1.86. The van der Waals surface area contributed by atoms with E-state index in [4.69, 9.17) is 8.83 Å². The van der Waals surface area contributed by atoms with Crippen LogP contribution in [0.15, 0.2) is 142 Å². The van der Waals surface area contributed by atoms with E-state index in [1.807, 2.05) is 0 Å². The molecule has 0 bridgehead atoms. The van der Waals surface area contributed by atoms with Gasteiger partial charge in [-0.3, -0.25) is 0 Å². The Hall–Kier alpha value is -6.24. The van der Waals surface area contributed by atoms with Crippen molar-refractivity contribution in [2.75, 3.05) is 0 Å². The summed E-state index contributed by atoms with van der Waals surface area (Å²) in [6.07, 6.45) is 3.63. The van der Waals surface area contributed by atoms with E-state index < -0.39 is 13.7 Å². The van der Waals surface area contributed by atoms with Gasteiger partial charge in [-0.2, -0.15) is 4.57 Å². The van der Waals surface area contributed by atoms with Gasteiger partial charge in [-0.05, 0) is 83.5 Å². The third-order valence-corrected chi connectivity index (χ3v) is 15.4. The van der Waals surface area contributed by atoms with Crippen molar-refractivity contribution < 1.29 is 18.0 Å². The van der Waals surface area contributed by atoms with Crippen LogP contribution in [-0.4, -0.2) is 12.6 Å². The summed E-state index contributed by atoms with van der Waals surface area (Å²) in [5, 5.41) is 5.98. The average molecular weight is 800 g/mol. The van der Waals surface area contributed by atoms with E-state index in [0.717, 1.165) is 78.4 Å². The standard InChI is InChI=1S/C54H49N3O2Si/c1-32(2)28-33-29-45-39-25-24-34(53(3,4)5)30-41(39)54(55(45)31-48(33)60(6,7)8)40-27-26-38-36-17-10-14-23-47(36)59-51(38)49(40)52-56(42-19-11-12-20-43(42)57(52)54)44-21-15-18-37-35-16-9-13-22-46(35)58-50(37)44/h9-27,29-32H,28H2,1-8H3/q+2. The molecule has 0 aliphatic carbocycles. The molecule has 1 atom stereocenters. The zero-order valence-electron chi connectivity index (χ0n) is 35.6. The summed E-state index contributed by atoms with van der Waals surface area (Å²) in [7, 11) is -1.86. The summed E-state index contributed by atoms with van der Waals surface area (Å²) in [5.41, 5.74) is 14.9. The molecule has 4 aromatic heterocycles. The van der Waals surface area contributed by atoms with Crippen molar-refractivity contribution in [3.63, 3.8) is 0 Å². The van der Waals surface area contributed by atoms with Gasteiger partial charge in [0.05, 0.1) is 24.8 Å². The van der Waals surface area contributed by atoms with Crippen LogP contribution in [0.5, 0.6) is 0 Å². The fraction of sp³-hybridized carbons (Fsp3) is 0.222. The van der Waals surface area contributed by atoms with Crippen molar-refractivity contribution >= 4 is 68.2 Å². The summed E-state index contributed by atoms with van der Waals surface area (Å²) in [6, 6.07) is 47.0. The Morgan fingerprint density at radius 1 is 0.683 bits per heavy atom. The van der Waals surface area contributed by atoms with Crippen molar-refractivity contribution in [3.8, 4) is 28.3 Å². The molecule has 60 heavy (non-hydrogen) atoms. The van der Waals surface area contributed by atoms with Crippen molar-refractivity contribution in [2.24, 2.45) is 5.92 Å². The number of furan rings is 2. The molecule has 294 valence electrons. The van der Waals surface area contributed by atoms with Crippen LogP contribution in [0.1, 0.15) is 56.9 Å². The first-order valence-corrected chi connectivity index (χ1v) is 25.0. The Bertz CT molecular complexity index is 3480. The smallest absolute Gasteiger partial charge is 0.364 e. The molecule has 0 saturated carbocycles. The van der Waals surface area contributed by atoms with Gasteiger partial charge < -0.3 is 8.83 Å². The van der Waals surface area contributed by atoms with E-state index in [9.17, 15) is 0 Å². The Balaban J connectivity index is 1.33. The molecule has 5 nitrogen and oxygen atoms in total. The van der Waals surface area contributed by atoms with Gasteiger partial charge in [-0.1, -0.05) is 121 Å².